The molecule has 0 aromatic heterocycles. The van der Waals surface area contributed by atoms with Gasteiger partial charge >= 0.3 is 0 Å². The Labute approximate surface area is 156 Å². The fourth-order valence-corrected chi connectivity index (χ4v) is 3.22. The highest BCUT2D eigenvalue weighted by Crippen LogP contribution is 2.20. The van der Waals surface area contributed by atoms with Gasteiger partial charge in [0.25, 0.3) is 5.91 Å². The summed E-state index contributed by atoms with van der Waals surface area (Å²) >= 11 is 0. The van der Waals surface area contributed by atoms with Gasteiger partial charge in [0.05, 0.1) is 0 Å². The highest BCUT2D eigenvalue weighted by Gasteiger charge is 2.21. The molecular weight excluding hydrogens is 324 g/mol. The number of hydrogen-bond acceptors (Lipinski definition) is 3. The normalized spacial score (nSPS) is 14.6. The lowest BCUT2D eigenvalue weighted by atomic mass is 10.0. The lowest BCUT2D eigenvalue weighted by molar-refractivity contribution is -0.133. The Kier molecular flexibility index (Phi) is 5.82. The molecule has 2 aromatic rings. The van der Waals surface area contributed by atoms with Gasteiger partial charge in [-0.15, -0.1) is 0 Å². The number of anilines is 1. The number of rotatable bonds is 5. The average Bonchev–Trinajstić information content (AvgIpc) is 2.66. The fourth-order valence-electron chi connectivity index (χ4n) is 3.22. The first-order valence-corrected chi connectivity index (χ1v) is 9.35. The van der Waals surface area contributed by atoms with Crippen LogP contribution in [0.4, 0.5) is 5.69 Å². The van der Waals surface area contributed by atoms with Crippen molar-refractivity contribution in [3.05, 3.63) is 59.7 Å². The molecule has 1 amide bonds. The Hall–Kier alpha value is -2.49. The maximum absolute atomic E-state index is 12.4. The van der Waals surface area contributed by atoms with Crippen LogP contribution in [0, 0.1) is 6.92 Å². The van der Waals surface area contributed by atoms with Crippen molar-refractivity contribution in [3.8, 4) is 5.75 Å². The minimum atomic E-state index is 0.0572. The van der Waals surface area contributed by atoms with Crippen LogP contribution in [0.3, 0.4) is 0 Å². The molecule has 1 aliphatic heterocycles. The van der Waals surface area contributed by atoms with Gasteiger partial charge in [-0.3, -0.25) is 4.79 Å². The molecule has 0 aliphatic carbocycles. The number of piperazine rings is 1. The SMILES string of the molecule is Cc1cccc(N2CCN(C(=O)COc3ccc(C(C)C)cc3)CC2)c1. The third-order valence-electron chi connectivity index (χ3n) is 4.91. The summed E-state index contributed by atoms with van der Waals surface area (Å²) in [5.74, 6) is 1.30. The highest BCUT2D eigenvalue weighted by molar-refractivity contribution is 5.78. The number of carbonyl (C=O) groups excluding carboxylic acids is 1. The maximum atomic E-state index is 12.4. The van der Waals surface area contributed by atoms with E-state index in [0.717, 1.165) is 31.9 Å². The molecule has 0 saturated carbocycles. The van der Waals surface area contributed by atoms with Crippen molar-refractivity contribution in [2.45, 2.75) is 26.7 Å². The third-order valence-corrected chi connectivity index (χ3v) is 4.91. The standard InChI is InChI=1S/C22H28N2O2/c1-17(2)19-7-9-21(10-8-19)26-16-22(25)24-13-11-23(12-14-24)20-6-4-5-18(3)15-20/h4-10,15,17H,11-14,16H2,1-3H3. The molecule has 0 spiro atoms. The van der Waals surface area contributed by atoms with Gasteiger partial charge in [0.1, 0.15) is 5.75 Å². The van der Waals surface area contributed by atoms with Crippen molar-refractivity contribution in [2.24, 2.45) is 0 Å². The molecule has 1 fully saturated rings. The minimum absolute atomic E-state index is 0.0572. The first kappa shape index (κ1) is 18.3. The molecule has 1 aliphatic rings. The maximum Gasteiger partial charge on any atom is 0.260 e. The van der Waals surface area contributed by atoms with E-state index in [1.54, 1.807) is 0 Å². The van der Waals surface area contributed by atoms with Crippen LogP contribution >= 0.6 is 0 Å². The molecule has 0 bridgehead atoms. The Bertz CT molecular complexity index is 732. The van der Waals surface area contributed by atoms with Gasteiger partial charge in [-0.2, -0.15) is 0 Å². The van der Waals surface area contributed by atoms with E-state index < -0.39 is 0 Å². The van der Waals surface area contributed by atoms with Crippen LogP contribution in [0.15, 0.2) is 48.5 Å². The summed E-state index contributed by atoms with van der Waals surface area (Å²) in [7, 11) is 0. The fraction of sp³-hybridized carbons (Fsp3) is 0.409. The number of amides is 1. The van der Waals surface area contributed by atoms with Gasteiger partial charge in [-0.25, -0.2) is 0 Å². The summed E-state index contributed by atoms with van der Waals surface area (Å²) < 4.78 is 5.68. The molecule has 0 atom stereocenters. The van der Waals surface area contributed by atoms with Crippen molar-refractivity contribution in [3.63, 3.8) is 0 Å². The van der Waals surface area contributed by atoms with E-state index in [4.69, 9.17) is 4.74 Å². The van der Waals surface area contributed by atoms with Crippen LogP contribution in [0.5, 0.6) is 5.75 Å². The van der Waals surface area contributed by atoms with Crippen LogP contribution < -0.4 is 9.64 Å². The molecule has 2 aromatic carbocycles. The first-order chi connectivity index (χ1) is 12.5. The molecule has 138 valence electrons. The molecule has 0 N–H and O–H groups in total. The molecule has 3 rings (SSSR count). The quantitative estimate of drug-likeness (QED) is 0.819. The molecule has 26 heavy (non-hydrogen) atoms. The summed E-state index contributed by atoms with van der Waals surface area (Å²) in [6, 6.07) is 16.5. The number of aryl methyl sites for hydroxylation is 1. The van der Waals surface area contributed by atoms with Gasteiger partial charge in [-0.1, -0.05) is 38.1 Å². The molecule has 1 saturated heterocycles. The van der Waals surface area contributed by atoms with E-state index in [-0.39, 0.29) is 12.5 Å². The summed E-state index contributed by atoms with van der Waals surface area (Å²) in [5.41, 5.74) is 3.77. The summed E-state index contributed by atoms with van der Waals surface area (Å²) in [5, 5.41) is 0. The van der Waals surface area contributed by atoms with Gasteiger partial charge in [-0.05, 0) is 48.2 Å². The Morgan fingerprint density at radius 1 is 1.04 bits per heavy atom. The van der Waals surface area contributed by atoms with E-state index in [2.05, 4.69) is 62.1 Å². The predicted octanol–water partition coefficient (Wildman–Crippen LogP) is 3.85. The van der Waals surface area contributed by atoms with Crippen molar-refractivity contribution >= 4 is 11.6 Å². The first-order valence-electron chi connectivity index (χ1n) is 9.35. The van der Waals surface area contributed by atoms with Gasteiger partial charge in [0, 0.05) is 31.9 Å². The number of hydrogen-bond donors (Lipinski definition) is 0. The second kappa shape index (κ2) is 8.26. The number of ether oxygens (including phenoxy) is 1. The molecule has 0 unspecified atom stereocenters. The number of nitrogens with zero attached hydrogens (tertiary/aromatic N) is 2. The smallest absolute Gasteiger partial charge is 0.260 e. The van der Waals surface area contributed by atoms with Crippen LogP contribution in [0.2, 0.25) is 0 Å². The monoisotopic (exact) mass is 352 g/mol. The third kappa shape index (κ3) is 4.57. The lowest BCUT2D eigenvalue weighted by Crippen LogP contribution is -2.50. The van der Waals surface area contributed by atoms with E-state index in [1.807, 2.05) is 17.0 Å². The zero-order chi connectivity index (χ0) is 18.5. The zero-order valence-corrected chi connectivity index (χ0v) is 15.9. The van der Waals surface area contributed by atoms with Gasteiger partial charge in [0.15, 0.2) is 6.61 Å². The van der Waals surface area contributed by atoms with Crippen LogP contribution in [-0.2, 0) is 4.79 Å². The van der Waals surface area contributed by atoms with Crippen molar-refractivity contribution < 1.29 is 9.53 Å². The summed E-state index contributed by atoms with van der Waals surface area (Å²) in [6.45, 7) is 9.73. The lowest BCUT2D eigenvalue weighted by Gasteiger charge is -2.36. The molecule has 4 nitrogen and oxygen atoms in total. The average molecular weight is 352 g/mol. The number of carbonyl (C=O) groups is 1. The second-order valence-corrected chi connectivity index (χ2v) is 7.22. The molecule has 0 radical (unpaired) electrons. The number of benzene rings is 2. The van der Waals surface area contributed by atoms with Crippen molar-refractivity contribution in [1.29, 1.82) is 0 Å². The molecule has 1 heterocycles. The highest BCUT2D eigenvalue weighted by atomic mass is 16.5. The van der Waals surface area contributed by atoms with Crippen LogP contribution in [0.1, 0.15) is 30.9 Å². The van der Waals surface area contributed by atoms with E-state index in [9.17, 15) is 4.79 Å². The van der Waals surface area contributed by atoms with E-state index in [1.165, 1.54) is 16.8 Å². The molecule has 4 heteroatoms. The summed E-state index contributed by atoms with van der Waals surface area (Å²) in [6.07, 6.45) is 0. The van der Waals surface area contributed by atoms with Crippen LogP contribution in [0.25, 0.3) is 0 Å². The zero-order valence-electron chi connectivity index (χ0n) is 15.9. The predicted molar refractivity (Wildman–Crippen MR) is 106 cm³/mol. The van der Waals surface area contributed by atoms with Gasteiger partial charge in [0.2, 0.25) is 0 Å². The van der Waals surface area contributed by atoms with Crippen LogP contribution in [-0.4, -0.2) is 43.6 Å². The van der Waals surface area contributed by atoms with E-state index >= 15 is 0 Å². The van der Waals surface area contributed by atoms with E-state index in [0.29, 0.717) is 5.92 Å². The van der Waals surface area contributed by atoms with Gasteiger partial charge < -0.3 is 14.5 Å². The minimum Gasteiger partial charge on any atom is -0.484 e. The van der Waals surface area contributed by atoms with Crippen molar-refractivity contribution in [1.82, 2.24) is 4.90 Å². The Morgan fingerprint density at radius 3 is 2.35 bits per heavy atom. The summed E-state index contributed by atoms with van der Waals surface area (Å²) in [4.78, 5) is 16.7. The van der Waals surface area contributed by atoms with Crippen molar-refractivity contribution in [2.75, 3.05) is 37.7 Å². The Morgan fingerprint density at radius 2 is 1.73 bits per heavy atom. The second-order valence-electron chi connectivity index (χ2n) is 7.22. The largest absolute Gasteiger partial charge is 0.484 e. The topological polar surface area (TPSA) is 32.8 Å². The Balaban J connectivity index is 1.47. The molecular formula is C22H28N2O2.